The highest BCUT2D eigenvalue weighted by atomic mass is 16.2. The molecule has 1 amide bonds. The molecule has 1 aliphatic rings. The molecular weight excluding hydrogens is 288 g/mol. The topological polar surface area (TPSA) is 52.2 Å². The number of fused-ring (bicyclic) bond motifs is 1. The zero-order valence-electron chi connectivity index (χ0n) is 12.8. The number of aromatic amines is 1. The first-order chi connectivity index (χ1) is 11.3. The first-order valence-corrected chi connectivity index (χ1v) is 7.83. The molecule has 0 radical (unpaired) electrons. The number of hydrogen-bond donors (Lipinski definition) is 1. The van der Waals surface area contributed by atoms with Crippen molar-refractivity contribution in [2.24, 2.45) is 0 Å². The lowest BCUT2D eigenvalue weighted by atomic mass is 10.2. The molecule has 1 N–H and O–H groups in total. The molecule has 0 spiro atoms. The van der Waals surface area contributed by atoms with Crippen LogP contribution in [0.5, 0.6) is 0 Å². The zero-order chi connectivity index (χ0) is 15.6. The second-order valence-corrected chi connectivity index (χ2v) is 5.76. The Morgan fingerprint density at radius 2 is 1.87 bits per heavy atom. The number of pyridine rings is 1. The van der Waals surface area contributed by atoms with Gasteiger partial charge in [-0.15, -0.1) is 0 Å². The molecule has 0 saturated carbocycles. The maximum atomic E-state index is 12.7. The minimum atomic E-state index is 0.0760. The second-order valence-electron chi connectivity index (χ2n) is 5.76. The third kappa shape index (κ3) is 2.65. The maximum Gasteiger partial charge on any atom is 0.270 e. The average molecular weight is 306 g/mol. The standard InChI is InChI=1S/C18H18N4O/c23-18(17-12-14-4-1-2-6-16(14)20-17)22-10-8-21(9-11-22)15-5-3-7-19-13-15/h1-7,12-13,20H,8-11H2. The quantitative estimate of drug-likeness (QED) is 0.791. The molecule has 5 heteroatoms. The van der Waals surface area contributed by atoms with E-state index in [-0.39, 0.29) is 5.91 Å². The van der Waals surface area contributed by atoms with Crippen molar-refractivity contribution in [2.75, 3.05) is 31.1 Å². The van der Waals surface area contributed by atoms with Gasteiger partial charge < -0.3 is 14.8 Å². The third-order valence-electron chi connectivity index (χ3n) is 4.34. The lowest BCUT2D eigenvalue weighted by Gasteiger charge is -2.35. The van der Waals surface area contributed by atoms with Crippen LogP contribution in [0.1, 0.15) is 10.5 Å². The van der Waals surface area contributed by atoms with Crippen LogP contribution in [0.15, 0.2) is 54.9 Å². The number of nitrogens with zero attached hydrogens (tertiary/aromatic N) is 3. The van der Waals surface area contributed by atoms with Crippen molar-refractivity contribution in [1.29, 1.82) is 0 Å². The molecule has 1 fully saturated rings. The maximum absolute atomic E-state index is 12.7. The number of rotatable bonds is 2. The van der Waals surface area contributed by atoms with Gasteiger partial charge in [0.15, 0.2) is 0 Å². The summed E-state index contributed by atoms with van der Waals surface area (Å²) >= 11 is 0. The fourth-order valence-corrected chi connectivity index (χ4v) is 3.07. The number of anilines is 1. The van der Waals surface area contributed by atoms with Gasteiger partial charge in [0.2, 0.25) is 0 Å². The second kappa shape index (κ2) is 5.76. The summed E-state index contributed by atoms with van der Waals surface area (Å²) in [5.74, 6) is 0.0760. The Bertz CT molecular complexity index is 786. The molecule has 0 bridgehead atoms. The molecule has 3 heterocycles. The Balaban J connectivity index is 1.46. The molecule has 3 aromatic rings. The number of H-pyrrole nitrogens is 1. The first kappa shape index (κ1) is 13.8. The van der Waals surface area contributed by atoms with Gasteiger partial charge in [-0.25, -0.2) is 0 Å². The van der Waals surface area contributed by atoms with Crippen molar-refractivity contribution in [3.63, 3.8) is 0 Å². The summed E-state index contributed by atoms with van der Waals surface area (Å²) in [7, 11) is 0. The fourth-order valence-electron chi connectivity index (χ4n) is 3.07. The smallest absolute Gasteiger partial charge is 0.270 e. The molecule has 1 saturated heterocycles. The summed E-state index contributed by atoms with van der Waals surface area (Å²) in [6, 6.07) is 13.9. The number of carbonyl (C=O) groups is 1. The van der Waals surface area contributed by atoms with Crippen molar-refractivity contribution < 1.29 is 4.79 Å². The Morgan fingerprint density at radius 3 is 2.61 bits per heavy atom. The number of carbonyl (C=O) groups excluding carboxylic acids is 1. The van der Waals surface area contributed by atoms with Gasteiger partial charge in [-0.3, -0.25) is 9.78 Å². The molecule has 2 aromatic heterocycles. The van der Waals surface area contributed by atoms with Gasteiger partial charge in [-0.1, -0.05) is 18.2 Å². The number of nitrogens with one attached hydrogen (secondary N) is 1. The molecular formula is C18H18N4O. The van der Waals surface area contributed by atoms with Crippen LogP contribution >= 0.6 is 0 Å². The van der Waals surface area contributed by atoms with Gasteiger partial charge in [-0.2, -0.15) is 0 Å². The number of aromatic nitrogens is 2. The lowest BCUT2D eigenvalue weighted by Crippen LogP contribution is -2.48. The van der Waals surface area contributed by atoms with Crippen molar-refractivity contribution in [3.8, 4) is 0 Å². The van der Waals surface area contributed by atoms with Crippen LogP contribution in [-0.2, 0) is 0 Å². The van der Waals surface area contributed by atoms with Crippen molar-refractivity contribution in [3.05, 3.63) is 60.6 Å². The van der Waals surface area contributed by atoms with Crippen LogP contribution in [0.4, 0.5) is 5.69 Å². The summed E-state index contributed by atoms with van der Waals surface area (Å²) in [4.78, 5) is 24.2. The largest absolute Gasteiger partial charge is 0.367 e. The summed E-state index contributed by atoms with van der Waals surface area (Å²) in [6.07, 6.45) is 3.65. The van der Waals surface area contributed by atoms with Crippen LogP contribution in [-0.4, -0.2) is 47.0 Å². The highest BCUT2D eigenvalue weighted by Gasteiger charge is 2.23. The molecule has 116 valence electrons. The molecule has 4 rings (SSSR count). The van der Waals surface area contributed by atoms with Crippen LogP contribution in [0.2, 0.25) is 0 Å². The summed E-state index contributed by atoms with van der Waals surface area (Å²) < 4.78 is 0. The van der Waals surface area contributed by atoms with Gasteiger partial charge >= 0.3 is 0 Å². The molecule has 0 atom stereocenters. The molecule has 0 aliphatic carbocycles. The van der Waals surface area contributed by atoms with E-state index >= 15 is 0 Å². The SMILES string of the molecule is O=C(c1cc2ccccc2[nH]1)N1CCN(c2cccnc2)CC1. The van der Waals surface area contributed by atoms with Crippen LogP contribution in [0.25, 0.3) is 10.9 Å². The predicted molar refractivity (Wildman–Crippen MR) is 90.7 cm³/mol. The minimum absolute atomic E-state index is 0.0760. The Hall–Kier alpha value is -2.82. The van der Waals surface area contributed by atoms with Gasteiger partial charge in [0.25, 0.3) is 5.91 Å². The van der Waals surface area contributed by atoms with Crippen molar-refractivity contribution in [2.45, 2.75) is 0 Å². The molecule has 5 nitrogen and oxygen atoms in total. The summed E-state index contributed by atoms with van der Waals surface area (Å²) in [5.41, 5.74) is 2.79. The average Bonchev–Trinajstić information content (AvgIpc) is 3.06. The van der Waals surface area contributed by atoms with Crippen LogP contribution in [0.3, 0.4) is 0 Å². The van der Waals surface area contributed by atoms with E-state index in [2.05, 4.69) is 20.9 Å². The third-order valence-corrected chi connectivity index (χ3v) is 4.34. The Kier molecular flexibility index (Phi) is 3.46. The van der Waals surface area contributed by atoms with Gasteiger partial charge in [0, 0.05) is 43.3 Å². The number of hydrogen-bond acceptors (Lipinski definition) is 3. The Morgan fingerprint density at radius 1 is 1.04 bits per heavy atom. The minimum Gasteiger partial charge on any atom is -0.367 e. The van der Waals surface area contributed by atoms with Crippen LogP contribution in [0, 0.1) is 0 Å². The van der Waals surface area contributed by atoms with Crippen molar-refractivity contribution in [1.82, 2.24) is 14.9 Å². The van der Waals surface area contributed by atoms with Crippen LogP contribution < -0.4 is 4.90 Å². The van der Waals surface area contributed by atoms with E-state index in [1.165, 1.54) is 0 Å². The van der Waals surface area contributed by atoms with E-state index in [1.54, 1.807) is 6.20 Å². The molecule has 1 aromatic carbocycles. The highest BCUT2D eigenvalue weighted by molar-refractivity contribution is 5.98. The van der Waals surface area contributed by atoms with E-state index in [0.29, 0.717) is 5.69 Å². The monoisotopic (exact) mass is 306 g/mol. The first-order valence-electron chi connectivity index (χ1n) is 7.83. The number of benzene rings is 1. The molecule has 0 unspecified atom stereocenters. The summed E-state index contributed by atoms with van der Waals surface area (Å²) in [5, 5.41) is 1.07. The van der Waals surface area contributed by atoms with E-state index in [4.69, 9.17) is 0 Å². The summed E-state index contributed by atoms with van der Waals surface area (Å²) in [6.45, 7) is 3.11. The normalized spacial score (nSPS) is 15.1. The lowest BCUT2D eigenvalue weighted by molar-refractivity contribution is 0.0742. The molecule has 1 aliphatic heterocycles. The van der Waals surface area contributed by atoms with Crippen molar-refractivity contribution >= 4 is 22.5 Å². The van der Waals surface area contributed by atoms with E-state index in [9.17, 15) is 4.79 Å². The van der Waals surface area contributed by atoms with E-state index in [0.717, 1.165) is 42.8 Å². The highest BCUT2D eigenvalue weighted by Crippen LogP contribution is 2.18. The molecule has 23 heavy (non-hydrogen) atoms. The predicted octanol–water partition coefficient (Wildman–Crippen LogP) is 2.53. The fraction of sp³-hybridized carbons (Fsp3) is 0.222. The number of para-hydroxylation sites is 1. The van der Waals surface area contributed by atoms with Gasteiger partial charge in [-0.05, 0) is 24.3 Å². The van der Waals surface area contributed by atoms with Gasteiger partial charge in [0.05, 0.1) is 11.9 Å². The van der Waals surface area contributed by atoms with E-state index in [1.807, 2.05) is 47.5 Å². The number of piperazine rings is 1. The number of amides is 1. The Labute approximate surface area is 134 Å². The van der Waals surface area contributed by atoms with E-state index < -0.39 is 0 Å². The zero-order valence-corrected chi connectivity index (χ0v) is 12.8. The van der Waals surface area contributed by atoms with Gasteiger partial charge in [0.1, 0.15) is 5.69 Å².